The first-order valence-electron chi connectivity index (χ1n) is 13.8. The van der Waals surface area contributed by atoms with Crippen LogP contribution in [-0.4, -0.2) is 16.8 Å². The van der Waals surface area contributed by atoms with Crippen molar-refractivity contribution in [3.05, 3.63) is 42.0 Å². The number of hydrogen-bond acceptors (Lipinski definition) is 3. The molecule has 0 bridgehead atoms. The van der Waals surface area contributed by atoms with Crippen LogP contribution in [0.3, 0.4) is 0 Å². The van der Waals surface area contributed by atoms with Gasteiger partial charge in [-0.25, -0.2) is 0 Å². The fraction of sp³-hybridized carbons (Fsp3) is 0.667. The van der Waals surface area contributed by atoms with Crippen molar-refractivity contribution < 1.29 is 4.74 Å². The second kappa shape index (κ2) is 15.1. The van der Waals surface area contributed by atoms with Crippen molar-refractivity contribution in [1.29, 1.82) is 0 Å². The summed E-state index contributed by atoms with van der Waals surface area (Å²) < 4.78 is 5.67. The van der Waals surface area contributed by atoms with Crippen LogP contribution in [0.15, 0.2) is 36.4 Å². The first kappa shape index (κ1) is 25.7. The molecule has 3 rings (SSSR count). The number of ether oxygens (including phenoxy) is 1. The van der Waals surface area contributed by atoms with E-state index in [1.807, 2.05) is 12.1 Å². The molecule has 2 aromatic rings. The largest absolute Gasteiger partial charge is 0.477 e. The summed E-state index contributed by atoms with van der Waals surface area (Å²) in [6, 6.07) is 12.9. The molecule has 0 amide bonds. The Kier molecular flexibility index (Phi) is 11.8. The van der Waals surface area contributed by atoms with E-state index in [-0.39, 0.29) is 0 Å². The summed E-state index contributed by atoms with van der Waals surface area (Å²) in [4.78, 5) is 0. The molecule has 0 unspecified atom stereocenters. The van der Waals surface area contributed by atoms with E-state index < -0.39 is 0 Å². The highest BCUT2D eigenvalue weighted by atomic mass is 16.5. The van der Waals surface area contributed by atoms with Crippen molar-refractivity contribution in [2.24, 2.45) is 11.8 Å². The highest BCUT2D eigenvalue weighted by Crippen LogP contribution is 2.34. The monoisotopic (exact) mass is 450 g/mol. The Morgan fingerprint density at radius 1 is 0.697 bits per heavy atom. The van der Waals surface area contributed by atoms with Crippen molar-refractivity contribution >= 4 is 0 Å². The summed E-state index contributed by atoms with van der Waals surface area (Å²) >= 11 is 0. The molecular weight excluding hydrogens is 404 g/mol. The molecular formula is C30H46N2O. The van der Waals surface area contributed by atoms with Crippen LogP contribution in [0.1, 0.15) is 109 Å². The molecule has 0 radical (unpaired) electrons. The molecule has 1 aliphatic carbocycles. The van der Waals surface area contributed by atoms with Crippen LogP contribution in [0, 0.1) is 11.8 Å². The topological polar surface area (TPSA) is 35.0 Å². The Hall–Kier alpha value is -1.90. The average molecular weight is 451 g/mol. The summed E-state index contributed by atoms with van der Waals surface area (Å²) in [5.74, 6) is 2.56. The molecule has 0 N–H and O–H groups in total. The van der Waals surface area contributed by atoms with Gasteiger partial charge in [0.1, 0.15) is 0 Å². The van der Waals surface area contributed by atoms with Gasteiger partial charge in [0.05, 0.1) is 12.3 Å². The van der Waals surface area contributed by atoms with Gasteiger partial charge < -0.3 is 4.74 Å². The van der Waals surface area contributed by atoms with Crippen LogP contribution in [0.4, 0.5) is 0 Å². The molecule has 0 saturated heterocycles. The lowest BCUT2D eigenvalue weighted by Crippen LogP contribution is -2.15. The van der Waals surface area contributed by atoms with Crippen LogP contribution in [0.2, 0.25) is 0 Å². The van der Waals surface area contributed by atoms with Crippen molar-refractivity contribution in [3.8, 4) is 17.1 Å². The van der Waals surface area contributed by atoms with E-state index in [9.17, 15) is 0 Å². The molecule has 33 heavy (non-hydrogen) atoms. The summed E-state index contributed by atoms with van der Waals surface area (Å²) in [5, 5.41) is 8.60. The Morgan fingerprint density at radius 2 is 1.36 bits per heavy atom. The fourth-order valence-electron chi connectivity index (χ4n) is 5.14. The normalized spacial score (nSPS) is 18.4. The molecule has 1 aromatic carbocycles. The zero-order chi connectivity index (χ0) is 23.1. The smallest absolute Gasteiger partial charge is 0.233 e. The molecule has 0 spiro atoms. The zero-order valence-corrected chi connectivity index (χ0v) is 21.2. The van der Waals surface area contributed by atoms with Gasteiger partial charge in [-0.3, -0.25) is 0 Å². The van der Waals surface area contributed by atoms with E-state index in [2.05, 4.69) is 48.3 Å². The first-order chi connectivity index (χ1) is 16.3. The van der Waals surface area contributed by atoms with Gasteiger partial charge in [-0.05, 0) is 42.7 Å². The van der Waals surface area contributed by atoms with Gasteiger partial charge in [0.15, 0.2) is 0 Å². The van der Waals surface area contributed by atoms with Gasteiger partial charge in [-0.2, -0.15) is 0 Å². The maximum atomic E-state index is 5.67. The molecule has 1 aromatic heterocycles. The van der Waals surface area contributed by atoms with Gasteiger partial charge in [0, 0.05) is 11.6 Å². The highest BCUT2D eigenvalue weighted by molar-refractivity contribution is 5.59. The third-order valence-corrected chi connectivity index (χ3v) is 7.41. The zero-order valence-electron chi connectivity index (χ0n) is 21.2. The van der Waals surface area contributed by atoms with Crippen molar-refractivity contribution in [1.82, 2.24) is 10.2 Å². The predicted molar refractivity (Wildman–Crippen MR) is 140 cm³/mol. The number of hydrogen-bond donors (Lipinski definition) is 0. The van der Waals surface area contributed by atoms with Crippen molar-refractivity contribution in [2.75, 3.05) is 6.61 Å². The minimum Gasteiger partial charge on any atom is -0.477 e. The number of unbranched alkanes of at least 4 members (excludes halogenated alkanes) is 6. The molecule has 1 heterocycles. The number of aryl methyl sites for hydroxylation is 1. The third-order valence-electron chi connectivity index (χ3n) is 7.41. The second-order valence-electron chi connectivity index (χ2n) is 10.1. The van der Waals surface area contributed by atoms with E-state index >= 15 is 0 Å². The molecule has 3 heteroatoms. The van der Waals surface area contributed by atoms with Gasteiger partial charge in [0.2, 0.25) is 5.88 Å². The molecule has 1 fully saturated rings. The van der Waals surface area contributed by atoms with E-state index in [1.54, 1.807) is 0 Å². The minimum absolute atomic E-state index is 0.623. The van der Waals surface area contributed by atoms with E-state index in [4.69, 9.17) is 4.74 Å². The Morgan fingerprint density at radius 3 is 2.03 bits per heavy atom. The van der Waals surface area contributed by atoms with Crippen LogP contribution < -0.4 is 4.74 Å². The summed E-state index contributed by atoms with van der Waals surface area (Å²) in [6.07, 6.45) is 20.4. The average Bonchev–Trinajstić information content (AvgIpc) is 2.87. The standard InChI is InChI=1S/C30H46N2O/c1-3-5-7-8-9-11-25-12-14-26(15-13-25)16-17-27-18-20-28(21-19-27)29-22-23-30(32-31-29)33-24-10-6-4-2/h18-23,25-26H,3-17,24H2,1-2H3. The quantitative estimate of drug-likeness (QED) is 0.254. The molecule has 1 aliphatic rings. The SMILES string of the molecule is CCCCCCCC1CCC(CCc2ccc(-c3ccc(OCCCCC)nn3)cc2)CC1. The Labute approximate surface area is 202 Å². The molecule has 182 valence electrons. The van der Waals surface area contributed by atoms with Crippen molar-refractivity contribution in [3.63, 3.8) is 0 Å². The van der Waals surface area contributed by atoms with Gasteiger partial charge in [0.25, 0.3) is 0 Å². The summed E-state index contributed by atoms with van der Waals surface area (Å²) in [5.41, 5.74) is 3.49. The van der Waals surface area contributed by atoms with Crippen molar-refractivity contribution in [2.45, 2.75) is 110 Å². The van der Waals surface area contributed by atoms with Gasteiger partial charge in [-0.1, -0.05) is 115 Å². The van der Waals surface area contributed by atoms with Gasteiger partial charge >= 0.3 is 0 Å². The Bertz CT molecular complexity index is 748. The predicted octanol–water partition coefficient (Wildman–Crippen LogP) is 8.81. The highest BCUT2D eigenvalue weighted by Gasteiger charge is 2.20. The maximum absolute atomic E-state index is 5.67. The van der Waals surface area contributed by atoms with Crippen LogP contribution in [0.25, 0.3) is 11.3 Å². The van der Waals surface area contributed by atoms with Crippen LogP contribution in [0.5, 0.6) is 5.88 Å². The molecule has 0 atom stereocenters. The molecule has 3 nitrogen and oxygen atoms in total. The van der Waals surface area contributed by atoms with E-state index in [0.29, 0.717) is 5.88 Å². The van der Waals surface area contributed by atoms with Crippen LogP contribution >= 0.6 is 0 Å². The first-order valence-corrected chi connectivity index (χ1v) is 13.8. The lowest BCUT2D eigenvalue weighted by molar-refractivity contribution is 0.248. The maximum Gasteiger partial charge on any atom is 0.233 e. The van der Waals surface area contributed by atoms with Gasteiger partial charge in [-0.15, -0.1) is 10.2 Å². The summed E-state index contributed by atoms with van der Waals surface area (Å²) in [6.45, 7) is 5.22. The molecule has 1 saturated carbocycles. The number of aromatic nitrogens is 2. The number of benzene rings is 1. The number of rotatable bonds is 15. The lowest BCUT2D eigenvalue weighted by Gasteiger charge is -2.28. The lowest BCUT2D eigenvalue weighted by atomic mass is 9.77. The molecule has 0 aliphatic heterocycles. The summed E-state index contributed by atoms with van der Waals surface area (Å²) in [7, 11) is 0. The third kappa shape index (κ3) is 9.47. The van der Waals surface area contributed by atoms with Crippen LogP contribution in [-0.2, 0) is 6.42 Å². The van der Waals surface area contributed by atoms with E-state index in [1.165, 1.54) is 95.5 Å². The van der Waals surface area contributed by atoms with E-state index in [0.717, 1.165) is 36.1 Å². The fourth-order valence-corrected chi connectivity index (χ4v) is 5.14. The number of nitrogens with zero attached hydrogens (tertiary/aromatic N) is 2. The minimum atomic E-state index is 0.623. The second-order valence-corrected chi connectivity index (χ2v) is 10.1. The Balaban J connectivity index is 1.35.